The minimum atomic E-state index is 0.677. The Hall–Kier alpha value is -3.45. The second kappa shape index (κ2) is 8.92. The molecule has 0 amide bonds. The molecule has 7 heteroatoms. The first-order valence-electron chi connectivity index (χ1n) is 9.87. The molecule has 4 aromatic rings. The van der Waals surface area contributed by atoms with Crippen LogP contribution in [0.4, 0.5) is 0 Å². The van der Waals surface area contributed by atoms with Crippen LogP contribution in [0.25, 0.3) is 16.8 Å². The van der Waals surface area contributed by atoms with Gasteiger partial charge >= 0.3 is 0 Å². The van der Waals surface area contributed by atoms with E-state index in [1.165, 1.54) is 11.1 Å². The van der Waals surface area contributed by atoms with Gasteiger partial charge in [0.1, 0.15) is 0 Å². The highest BCUT2D eigenvalue weighted by atomic mass is 16.5. The van der Waals surface area contributed by atoms with Gasteiger partial charge in [0.15, 0.2) is 17.1 Å². The van der Waals surface area contributed by atoms with Crippen molar-refractivity contribution in [1.82, 2.24) is 25.4 Å². The second-order valence-electron chi connectivity index (χ2n) is 7.19. The average molecular weight is 403 g/mol. The quantitative estimate of drug-likeness (QED) is 0.454. The van der Waals surface area contributed by atoms with Crippen LogP contribution in [0.2, 0.25) is 0 Å². The number of rotatable bonds is 8. The van der Waals surface area contributed by atoms with Crippen molar-refractivity contribution in [3.8, 4) is 22.6 Å². The normalized spacial score (nSPS) is 11.0. The predicted octanol–water partition coefficient (Wildman–Crippen LogP) is 3.45. The van der Waals surface area contributed by atoms with Crippen LogP contribution >= 0.6 is 0 Å². The van der Waals surface area contributed by atoms with Gasteiger partial charge in [0, 0.05) is 23.9 Å². The van der Waals surface area contributed by atoms with Gasteiger partial charge in [-0.25, -0.2) is 0 Å². The van der Waals surface area contributed by atoms with Crippen LogP contribution in [0, 0.1) is 6.92 Å². The van der Waals surface area contributed by atoms with Crippen molar-refractivity contribution in [3.63, 3.8) is 0 Å². The zero-order valence-electron chi connectivity index (χ0n) is 17.4. The van der Waals surface area contributed by atoms with E-state index >= 15 is 0 Å². The first kappa shape index (κ1) is 19.8. The number of pyridine rings is 1. The van der Waals surface area contributed by atoms with Crippen LogP contribution in [-0.2, 0) is 13.0 Å². The summed E-state index contributed by atoms with van der Waals surface area (Å²) in [7, 11) is 3.29. The number of tetrazole rings is 1. The molecule has 7 nitrogen and oxygen atoms in total. The molecule has 154 valence electrons. The number of fused-ring (bicyclic) bond motifs is 1. The number of hydrogen-bond acceptors (Lipinski definition) is 6. The molecule has 0 saturated heterocycles. The first-order chi connectivity index (χ1) is 14.7. The van der Waals surface area contributed by atoms with E-state index in [4.69, 9.17) is 9.47 Å². The summed E-state index contributed by atoms with van der Waals surface area (Å²) in [5.74, 6) is 1.49. The van der Waals surface area contributed by atoms with Crippen molar-refractivity contribution in [2.24, 2.45) is 0 Å². The average Bonchev–Trinajstić information content (AvgIpc) is 3.25. The van der Waals surface area contributed by atoms with Gasteiger partial charge < -0.3 is 14.8 Å². The molecule has 0 aliphatic heterocycles. The molecule has 2 aromatic heterocycles. The van der Waals surface area contributed by atoms with E-state index in [0.29, 0.717) is 6.54 Å². The van der Waals surface area contributed by atoms with E-state index < -0.39 is 0 Å². The van der Waals surface area contributed by atoms with Crippen molar-refractivity contribution in [2.75, 3.05) is 20.8 Å². The summed E-state index contributed by atoms with van der Waals surface area (Å²) in [5, 5.41) is 15.6. The smallest absolute Gasteiger partial charge is 0.183 e. The van der Waals surface area contributed by atoms with Gasteiger partial charge in [0.2, 0.25) is 0 Å². The van der Waals surface area contributed by atoms with Crippen LogP contribution in [0.1, 0.15) is 16.7 Å². The topological polar surface area (TPSA) is 73.6 Å². The van der Waals surface area contributed by atoms with Crippen LogP contribution in [-0.4, -0.2) is 40.8 Å². The van der Waals surface area contributed by atoms with Gasteiger partial charge in [-0.15, -0.1) is 5.10 Å². The molecule has 4 rings (SSSR count). The third kappa shape index (κ3) is 4.26. The van der Waals surface area contributed by atoms with Gasteiger partial charge in [-0.1, -0.05) is 35.9 Å². The van der Waals surface area contributed by atoms with Gasteiger partial charge in [-0.05, 0) is 59.6 Å². The predicted molar refractivity (Wildman–Crippen MR) is 116 cm³/mol. The lowest BCUT2D eigenvalue weighted by Crippen LogP contribution is -2.17. The largest absolute Gasteiger partial charge is 0.493 e. The van der Waals surface area contributed by atoms with E-state index in [1.807, 2.05) is 18.3 Å². The molecular formula is C23H25N5O2. The van der Waals surface area contributed by atoms with Crippen molar-refractivity contribution in [3.05, 3.63) is 71.4 Å². The standard InChI is InChI=1S/C23H25N5O2/c1-16-5-4-6-18(11-16)20-13-19(23-25-26-27-28(23)15-20)14-24-10-9-17-7-8-21(29-2)22(12-17)30-3/h4-8,11-13,15,24H,9-10,14H2,1-3H3. The van der Waals surface area contributed by atoms with E-state index in [1.54, 1.807) is 18.7 Å². The third-order valence-corrected chi connectivity index (χ3v) is 5.08. The summed E-state index contributed by atoms with van der Waals surface area (Å²) in [6.07, 6.45) is 2.84. The highest BCUT2D eigenvalue weighted by molar-refractivity contribution is 5.67. The fourth-order valence-electron chi connectivity index (χ4n) is 3.52. The molecule has 0 saturated carbocycles. The minimum Gasteiger partial charge on any atom is -0.493 e. The molecule has 2 aromatic carbocycles. The number of nitrogens with zero attached hydrogens (tertiary/aromatic N) is 4. The summed E-state index contributed by atoms with van der Waals surface area (Å²) in [6.45, 7) is 3.59. The SMILES string of the molecule is COc1ccc(CCNCc2cc(-c3cccc(C)c3)cn3nnnc23)cc1OC. The monoisotopic (exact) mass is 403 g/mol. The number of benzene rings is 2. The zero-order valence-corrected chi connectivity index (χ0v) is 17.4. The molecule has 0 radical (unpaired) electrons. The van der Waals surface area contributed by atoms with Crippen molar-refractivity contribution < 1.29 is 9.47 Å². The Bertz CT molecular complexity index is 1160. The molecule has 0 spiro atoms. The lowest BCUT2D eigenvalue weighted by molar-refractivity contribution is 0.354. The number of aromatic nitrogens is 4. The number of nitrogens with one attached hydrogen (secondary N) is 1. The van der Waals surface area contributed by atoms with Crippen LogP contribution < -0.4 is 14.8 Å². The molecule has 0 aliphatic rings. The number of ether oxygens (including phenoxy) is 2. The van der Waals surface area contributed by atoms with Gasteiger partial charge in [0.25, 0.3) is 0 Å². The van der Waals surface area contributed by atoms with Crippen LogP contribution in [0.3, 0.4) is 0 Å². The number of hydrogen-bond donors (Lipinski definition) is 1. The van der Waals surface area contributed by atoms with Gasteiger partial charge in [-0.2, -0.15) is 4.52 Å². The molecule has 1 N–H and O–H groups in total. The van der Waals surface area contributed by atoms with Crippen LogP contribution in [0.5, 0.6) is 11.5 Å². The Morgan fingerprint density at radius 2 is 1.83 bits per heavy atom. The fourth-order valence-corrected chi connectivity index (χ4v) is 3.52. The number of methoxy groups -OCH3 is 2. The van der Waals surface area contributed by atoms with Gasteiger partial charge in [0.05, 0.1) is 14.2 Å². The van der Waals surface area contributed by atoms with E-state index in [2.05, 4.69) is 64.2 Å². The highest BCUT2D eigenvalue weighted by Gasteiger charge is 2.10. The first-order valence-corrected chi connectivity index (χ1v) is 9.87. The Morgan fingerprint density at radius 1 is 0.967 bits per heavy atom. The Balaban J connectivity index is 1.47. The van der Waals surface area contributed by atoms with E-state index in [-0.39, 0.29) is 0 Å². The van der Waals surface area contributed by atoms with E-state index in [0.717, 1.165) is 46.8 Å². The molecule has 0 atom stereocenters. The third-order valence-electron chi connectivity index (χ3n) is 5.08. The zero-order chi connectivity index (χ0) is 20.9. The summed E-state index contributed by atoms with van der Waals surface area (Å²) >= 11 is 0. The molecule has 0 unspecified atom stereocenters. The van der Waals surface area contributed by atoms with E-state index in [9.17, 15) is 0 Å². The second-order valence-corrected chi connectivity index (χ2v) is 7.19. The summed E-state index contributed by atoms with van der Waals surface area (Å²) in [5.41, 5.74) is 6.48. The molecular weight excluding hydrogens is 378 g/mol. The molecule has 2 heterocycles. The maximum atomic E-state index is 5.39. The summed E-state index contributed by atoms with van der Waals surface area (Å²) in [6, 6.07) is 16.6. The maximum absolute atomic E-state index is 5.39. The van der Waals surface area contributed by atoms with Crippen molar-refractivity contribution in [1.29, 1.82) is 0 Å². The number of aryl methyl sites for hydroxylation is 1. The Labute approximate surface area is 175 Å². The highest BCUT2D eigenvalue weighted by Crippen LogP contribution is 2.27. The maximum Gasteiger partial charge on any atom is 0.183 e. The molecule has 0 fully saturated rings. The Kier molecular flexibility index (Phi) is 5.90. The minimum absolute atomic E-state index is 0.677. The van der Waals surface area contributed by atoms with Gasteiger partial charge in [-0.3, -0.25) is 0 Å². The fraction of sp³-hybridized carbons (Fsp3) is 0.261. The van der Waals surface area contributed by atoms with Crippen molar-refractivity contribution >= 4 is 5.65 Å². The lowest BCUT2D eigenvalue weighted by Gasteiger charge is -2.11. The Morgan fingerprint density at radius 3 is 2.63 bits per heavy atom. The molecule has 0 aliphatic carbocycles. The molecule has 30 heavy (non-hydrogen) atoms. The molecule has 0 bridgehead atoms. The summed E-state index contributed by atoms with van der Waals surface area (Å²) < 4.78 is 12.4. The summed E-state index contributed by atoms with van der Waals surface area (Å²) in [4.78, 5) is 0. The van der Waals surface area contributed by atoms with Crippen LogP contribution in [0.15, 0.2) is 54.7 Å². The van der Waals surface area contributed by atoms with Crippen molar-refractivity contribution in [2.45, 2.75) is 19.9 Å². The lowest BCUT2D eigenvalue weighted by atomic mass is 10.0.